The molecule has 0 spiro atoms. The number of hydrogen-bond acceptors (Lipinski definition) is 2. The molecule has 0 atom stereocenters. The van der Waals surface area contributed by atoms with Crippen molar-refractivity contribution in [2.24, 2.45) is 10.7 Å². The summed E-state index contributed by atoms with van der Waals surface area (Å²) in [7, 11) is 0. The van der Waals surface area contributed by atoms with Gasteiger partial charge in [0.1, 0.15) is 0 Å². The lowest BCUT2D eigenvalue weighted by Crippen LogP contribution is -2.30. The van der Waals surface area contributed by atoms with Crippen molar-refractivity contribution in [3.05, 3.63) is 24.4 Å². The number of pyridine rings is 1. The van der Waals surface area contributed by atoms with Crippen molar-refractivity contribution in [2.75, 3.05) is 0 Å². The van der Waals surface area contributed by atoms with Crippen LogP contribution in [-0.2, 0) is 0 Å². The number of halogens is 3. The van der Waals surface area contributed by atoms with Crippen LogP contribution in [0.2, 0.25) is 0 Å². The topological polar surface area (TPSA) is 51.3 Å². The summed E-state index contributed by atoms with van der Waals surface area (Å²) < 4.78 is 35.6. The lowest BCUT2D eigenvalue weighted by atomic mass is 10.4. The number of alkyl halides is 3. The third kappa shape index (κ3) is 2.73. The summed E-state index contributed by atoms with van der Waals surface area (Å²) in [6.45, 7) is 0. The largest absolute Gasteiger partial charge is 0.449 e. The molecule has 0 unspecified atom stereocenters. The van der Waals surface area contributed by atoms with Crippen molar-refractivity contribution < 1.29 is 13.2 Å². The van der Waals surface area contributed by atoms with Gasteiger partial charge in [0.25, 0.3) is 0 Å². The van der Waals surface area contributed by atoms with Gasteiger partial charge in [-0.2, -0.15) is 13.2 Å². The van der Waals surface area contributed by atoms with Crippen LogP contribution in [0.15, 0.2) is 29.4 Å². The van der Waals surface area contributed by atoms with Crippen molar-refractivity contribution in [3.63, 3.8) is 0 Å². The Kier molecular flexibility index (Phi) is 2.50. The van der Waals surface area contributed by atoms with Gasteiger partial charge in [-0.15, -0.1) is 0 Å². The molecule has 0 amide bonds. The fraction of sp³-hybridized carbons (Fsp3) is 0.143. The molecule has 70 valence electrons. The van der Waals surface area contributed by atoms with E-state index in [1.165, 1.54) is 18.3 Å². The number of nitrogens with zero attached hydrogens (tertiary/aromatic N) is 2. The van der Waals surface area contributed by atoms with Gasteiger partial charge in [0.15, 0.2) is 5.82 Å². The summed E-state index contributed by atoms with van der Waals surface area (Å²) in [5, 5.41) is 0. The standard InChI is InChI=1S/C7H6F3N3/c8-7(9,10)6(11)13-5-3-1-2-4-12-5/h1-4H,(H2,11,12,13). The first-order valence-corrected chi connectivity index (χ1v) is 3.32. The van der Waals surface area contributed by atoms with E-state index in [1.807, 2.05) is 0 Å². The fourth-order valence-electron chi connectivity index (χ4n) is 0.607. The summed E-state index contributed by atoms with van der Waals surface area (Å²) in [6, 6.07) is 4.43. The minimum atomic E-state index is -4.60. The maximum absolute atomic E-state index is 11.9. The van der Waals surface area contributed by atoms with Crippen LogP contribution < -0.4 is 5.73 Å². The third-order valence-corrected chi connectivity index (χ3v) is 1.17. The third-order valence-electron chi connectivity index (χ3n) is 1.17. The van der Waals surface area contributed by atoms with Gasteiger partial charge in [-0.05, 0) is 12.1 Å². The van der Waals surface area contributed by atoms with E-state index in [1.54, 1.807) is 6.07 Å². The zero-order chi connectivity index (χ0) is 9.90. The average Bonchev–Trinajstić information content (AvgIpc) is 2.04. The highest BCUT2D eigenvalue weighted by Gasteiger charge is 2.33. The van der Waals surface area contributed by atoms with Crippen LogP contribution in [0.5, 0.6) is 0 Å². The van der Waals surface area contributed by atoms with Crippen LogP contribution >= 0.6 is 0 Å². The summed E-state index contributed by atoms with van der Waals surface area (Å²) in [6.07, 6.45) is -3.26. The van der Waals surface area contributed by atoms with Crippen LogP contribution in [0.4, 0.5) is 19.0 Å². The van der Waals surface area contributed by atoms with Gasteiger partial charge < -0.3 is 5.73 Å². The molecule has 0 saturated heterocycles. The Morgan fingerprint density at radius 1 is 1.38 bits per heavy atom. The molecule has 0 radical (unpaired) electrons. The first-order chi connectivity index (χ1) is 6.00. The summed E-state index contributed by atoms with van der Waals surface area (Å²) in [4.78, 5) is 6.65. The molecule has 0 aliphatic heterocycles. The zero-order valence-corrected chi connectivity index (χ0v) is 6.42. The van der Waals surface area contributed by atoms with Gasteiger partial charge in [-0.1, -0.05) is 6.07 Å². The van der Waals surface area contributed by atoms with E-state index in [4.69, 9.17) is 0 Å². The first-order valence-electron chi connectivity index (χ1n) is 3.32. The predicted octanol–water partition coefficient (Wildman–Crippen LogP) is 1.63. The SMILES string of the molecule is N/C(=N\c1ccccn1)C(F)(F)F. The van der Waals surface area contributed by atoms with E-state index in [9.17, 15) is 13.2 Å². The smallest absolute Gasteiger partial charge is 0.380 e. The van der Waals surface area contributed by atoms with Gasteiger partial charge in [-0.3, -0.25) is 0 Å². The van der Waals surface area contributed by atoms with E-state index < -0.39 is 12.0 Å². The molecule has 0 bridgehead atoms. The molecular formula is C7H6F3N3. The monoisotopic (exact) mass is 189 g/mol. The van der Waals surface area contributed by atoms with Gasteiger partial charge >= 0.3 is 6.18 Å². The van der Waals surface area contributed by atoms with Crippen LogP contribution in [0.25, 0.3) is 0 Å². The lowest BCUT2D eigenvalue weighted by molar-refractivity contribution is -0.0597. The second-order valence-corrected chi connectivity index (χ2v) is 2.18. The van der Waals surface area contributed by atoms with Crippen molar-refractivity contribution in [1.82, 2.24) is 4.98 Å². The second kappa shape index (κ2) is 3.42. The molecule has 13 heavy (non-hydrogen) atoms. The number of aliphatic imine (C=N–C) groups is 1. The Morgan fingerprint density at radius 3 is 2.54 bits per heavy atom. The van der Waals surface area contributed by atoms with Crippen molar-refractivity contribution in [2.45, 2.75) is 6.18 Å². The lowest BCUT2D eigenvalue weighted by Gasteiger charge is -2.03. The second-order valence-electron chi connectivity index (χ2n) is 2.18. The van der Waals surface area contributed by atoms with Gasteiger partial charge in [0.05, 0.1) is 0 Å². The minimum absolute atomic E-state index is 0.0580. The number of aromatic nitrogens is 1. The van der Waals surface area contributed by atoms with E-state index >= 15 is 0 Å². The number of rotatable bonds is 1. The van der Waals surface area contributed by atoms with E-state index in [0.717, 1.165) is 0 Å². The van der Waals surface area contributed by atoms with Crippen molar-refractivity contribution in [3.8, 4) is 0 Å². The Hall–Kier alpha value is -1.59. The molecule has 2 N–H and O–H groups in total. The highest BCUT2D eigenvalue weighted by atomic mass is 19.4. The molecule has 6 heteroatoms. The highest BCUT2D eigenvalue weighted by molar-refractivity contribution is 5.87. The molecule has 0 saturated carbocycles. The Balaban J connectivity index is 2.90. The molecule has 1 aromatic rings. The summed E-state index contributed by atoms with van der Waals surface area (Å²) >= 11 is 0. The van der Waals surface area contributed by atoms with Crippen molar-refractivity contribution in [1.29, 1.82) is 0 Å². The van der Waals surface area contributed by atoms with E-state index in [2.05, 4.69) is 15.7 Å². The maximum Gasteiger partial charge on any atom is 0.449 e. The molecule has 0 aliphatic carbocycles. The highest BCUT2D eigenvalue weighted by Crippen LogP contribution is 2.17. The van der Waals surface area contributed by atoms with Crippen LogP contribution in [0.3, 0.4) is 0 Å². The van der Waals surface area contributed by atoms with Gasteiger partial charge in [0, 0.05) is 6.20 Å². The van der Waals surface area contributed by atoms with E-state index in [0.29, 0.717) is 0 Å². The van der Waals surface area contributed by atoms with Crippen LogP contribution in [0, 0.1) is 0 Å². The zero-order valence-electron chi connectivity index (χ0n) is 6.42. The van der Waals surface area contributed by atoms with Crippen LogP contribution in [0.1, 0.15) is 0 Å². The molecule has 1 aromatic heterocycles. The molecule has 1 rings (SSSR count). The van der Waals surface area contributed by atoms with Gasteiger partial charge in [0.2, 0.25) is 5.84 Å². The summed E-state index contributed by atoms with van der Waals surface area (Å²) in [5.74, 6) is -1.46. The number of amidine groups is 1. The van der Waals surface area contributed by atoms with Crippen LogP contribution in [-0.4, -0.2) is 17.0 Å². The van der Waals surface area contributed by atoms with Gasteiger partial charge in [-0.25, -0.2) is 9.98 Å². The molecule has 0 aliphatic rings. The molecule has 0 aromatic carbocycles. The Labute approximate surface area is 72.1 Å². The first kappa shape index (κ1) is 9.50. The average molecular weight is 189 g/mol. The predicted molar refractivity (Wildman–Crippen MR) is 41.6 cm³/mol. The number of hydrogen-bond donors (Lipinski definition) is 1. The maximum atomic E-state index is 11.9. The molecule has 1 heterocycles. The van der Waals surface area contributed by atoms with E-state index in [-0.39, 0.29) is 5.82 Å². The molecular weight excluding hydrogens is 183 g/mol. The fourth-order valence-corrected chi connectivity index (χ4v) is 0.607. The van der Waals surface area contributed by atoms with Crippen molar-refractivity contribution >= 4 is 11.7 Å². The minimum Gasteiger partial charge on any atom is -0.380 e. The Morgan fingerprint density at radius 2 is 2.08 bits per heavy atom. The molecule has 0 fully saturated rings. The quantitative estimate of drug-likeness (QED) is 0.539. The normalized spacial score (nSPS) is 13.0. The number of nitrogens with two attached hydrogens (primary N) is 1. The molecule has 3 nitrogen and oxygen atoms in total. The summed E-state index contributed by atoms with van der Waals surface area (Å²) in [5.41, 5.74) is 4.67. The Bertz CT molecular complexity index is 305.